The maximum absolute atomic E-state index is 12.6. The van der Waals surface area contributed by atoms with E-state index in [9.17, 15) is 23.4 Å². The minimum absolute atomic E-state index is 0.00313. The highest BCUT2D eigenvalue weighted by atomic mass is 35.5. The average Bonchev–Trinajstić information content (AvgIpc) is 2.59. The molecule has 0 fully saturated rings. The first-order valence-electron chi connectivity index (χ1n) is 5.25. The third kappa shape index (κ3) is 2.20. The summed E-state index contributed by atoms with van der Waals surface area (Å²) in [6, 6.07) is 1.46. The van der Waals surface area contributed by atoms with E-state index in [2.05, 4.69) is 11.6 Å². The molecule has 2 heterocycles. The minimum Gasteiger partial charge on any atom is -0.494 e. The standard InChI is InChI=1S/C12H8ClF3N2O2/c1-2-7-9(13)11(20)18(10(7)19)8-5-6(3-4-17-8)12(14,15)16/h2-5,19-20H,1H2. The van der Waals surface area contributed by atoms with Gasteiger partial charge in [-0.1, -0.05) is 24.3 Å². The summed E-state index contributed by atoms with van der Waals surface area (Å²) in [5.41, 5.74) is -0.963. The van der Waals surface area contributed by atoms with Crippen LogP contribution >= 0.6 is 11.6 Å². The summed E-state index contributed by atoms with van der Waals surface area (Å²) < 4.78 is 38.6. The molecule has 2 aromatic rings. The molecule has 0 saturated heterocycles. The van der Waals surface area contributed by atoms with Crippen LogP contribution in [0.2, 0.25) is 5.02 Å². The van der Waals surface area contributed by atoms with Gasteiger partial charge in [0, 0.05) is 6.20 Å². The Labute approximate surface area is 116 Å². The normalized spacial score (nSPS) is 11.6. The lowest BCUT2D eigenvalue weighted by atomic mass is 10.2. The van der Waals surface area contributed by atoms with E-state index in [4.69, 9.17) is 11.6 Å². The molecule has 2 aromatic heterocycles. The van der Waals surface area contributed by atoms with Crippen molar-refractivity contribution in [3.8, 4) is 17.6 Å². The highest BCUT2D eigenvalue weighted by Gasteiger charge is 2.31. The van der Waals surface area contributed by atoms with Crippen molar-refractivity contribution in [2.45, 2.75) is 6.18 Å². The van der Waals surface area contributed by atoms with Gasteiger partial charge < -0.3 is 10.2 Å². The molecule has 0 unspecified atom stereocenters. The summed E-state index contributed by atoms with van der Waals surface area (Å²) in [6.07, 6.45) is -2.48. The summed E-state index contributed by atoms with van der Waals surface area (Å²) >= 11 is 5.75. The molecule has 0 aliphatic rings. The third-order valence-electron chi connectivity index (χ3n) is 2.60. The van der Waals surface area contributed by atoms with Gasteiger partial charge in [0.1, 0.15) is 10.8 Å². The predicted molar refractivity (Wildman–Crippen MR) is 67.0 cm³/mol. The number of hydrogen-bond donors (Lipinski definition) is 2. The number of halogens is 4. The van der Waals surface area contributed by atoms with Crippen LogP contribution in [0.15, 0.2) is 24.9 Å². The molecule has 0 aliphatic carbocycles. The predicted octanol–water partition coefficient (Wildman–Crippen LogP) is 3.60. The maximum atomic E-state index is 12.6. The number of hydrogen-bond acceptors (Lipinski definition) is 3. The third-order valence-corrected chi connectivity index (χ3v) is 2.98. The van der Waals surface area contributed by atoms with Crippen molar-refractivity contribution in [3.63, 3.8) is 0 Å². The molecule has 4 nitrogen and oxygen atoms in total. The summed E-state index contributed by atoms with van der Waals surface area (Å²) in [6.45, 7) is 3.39. The van der Waals surface area contributed by atoms with Crippen LogP contribution in [-0.4, -0.2) is 19.8 Å². The molecular formula is C12H8ClF3N2O2. The fraction of sp³-hybridized carbons (Fsp3) is 0.0833. The maximum Gasteiger partial charge on any atom is 0.416 e. The van der Waals surface area contributed by atoms with Gasteiger partial charge in [-0.05, 0) is 12.1 Å². The Morgan fingerprint density at radius 1 is 1.30 bits per heavy atom. The monoisotopic (exact) mass is 304 g/mol. The van der Waals surface area contributed by atoms with E-state index >= 15 is 0 Å². The summed E-state index contributed by atoms with van der Waals surface area (Å²) in [4.78, 5) is 3.68. The van der Waals surface area contributed by atoms with Gasteiger partial charge in [-0.3, -0.25) is 0 Å². The quantitative estimate of drug-likeness (QED) is 0.891. The zero-order valence-electron chi connectivity index (χ0n) is 9.82. The fourth-order valence-corrected chi connectivity index (χ4v) is 1.90. The Balaban J connectivity index is 2.67. The molecule has 20 heavy (non-hydrogen) atoms. The number of alkyl halides is 3. The van der Waals surface area contributed by atoms with Gasteiger partial charge in [0.25, 0.3) is 0 Å². The van der Waals surface area contributed by atoms with Crippen LogP contribution in [0.3, 0.4) is 0 Å². The topological polar surface area (TPSA) is 58.3 Å². The number of pyridine rings is 1. The van der Waals surface area contributed by atoms with Crippen molar-refractivity contribution in [3.05, 3.63) is 41.1 Å². The molecule has 0 saturated carbocycles. The van der Waals surface area contributed by atoms with E-state index in [1.54, 1.807) is 0 Å². The molecule has 0 aromatic carbocycles. The van der Waals surface area contributed by atoms with E-state index in [-0.39, 0.29) is 16.4 Å². The number of rotatable bonds is 2. The van der Waals surface area contributed by atoms with Gasteiger partial charge in [-0.25, -0.2) is 9.55 Å². The van der Waals surface area contributed by atoms with Gasteiger partial charge in [-0.15, -0.1) is 0 Å². The molecule has 0 amide bonds. The van der Waals surface area contributed by atoms with Gasteiger partial charge >= 0.3 is 6.18 Å². The van der Waals surface area contributed by atoms with E-state index in [0.29, 0.717) is 10.6 Å². The van der Waals surface area contributed by atoms with Crippen LogP contribution in [0.1, 0.15) is 11.1 Å². The molecule has 106 valence electrons. The highest BCUT2D eigenvalue weighted by molar-refractivity contribution is 6.33. The van der Waals surface area contributed by atoms with E-state index in [1.807, 2.05) is 0 Å². The highest BCUT2D eigenvalue weighted by Crippen LogP contribution is 2.41. The van der Waals surface area contributed by atoms with Crippen LogP contribution < -0.4 is 0 Å². The Bertz CT molecular complexity index is 680. The smallest absolute Gasteiger partial charge is 0.416 e. The molecule has 0 spiro atoms. The fourth-order valence-electron chi connectivity index (χ4n) is 1.65. The number of aromatic hydroxyl groups is 2. The lowest BCUT2D eigenvalue weighted by Gasteiger charge is -2.10. The molecule has 2 N–H and O–H groups in total. The minimum atomic E-state index is -4.57. The first-order valence-corrected chi connectivity index (χ1v) is 5.63. The molecule has 8 heteroatoms. The van der Waals surface area contributed by atoms with Crippen LogP contribution in [0.4, 0.5) is 13.2 Å². The van der Waals surface area contributed by atoms with E-state index in [0.717, 1.165) is 12.3 Å². The first kappa shape index (κ1) is 14.3. The van der Waals surface area contributed by atoms with Crippen LogP contribution in [0.5, 0.6) is 11.8 Å². The first-order chi connectivity index (χ1) is 9.27. The second kappa shape index (κ2) is 4.75. The van der Waals surface area contributed by atoms with Gasteiger partial charge in [0.05, 0.1) is 11.1 Å². The zero-order chi connectivity index (χ0) is 15.1. The number of aromatic nitrogens is 2. The lowest BCUT2D eigenvalue weighted by molar-refractivity contribution is -0.137. The van der Waals surface area contributed by atoms with E-state index < -0.39 is 23.5 Å². The lowest BCUT2D eigenvalue weighted by Crippen LogP contribution is -2.07. The van der Waals surface area contributed by atoms with Crippen molar-refractivity contribution in [2.24, 2.45) is 0 Å². The van der Waals surface area contributed by atoms with Crippen LogP contribution in [0.25, 0.3) is 11.9 Å². The summed E-state index contributed by atoms with van der Waals surface area (Å²) in [7, 11) is 0. The van der Waals surface area contributed by atoms with Crippen LogP contribution in [-0.2, 0) is 6.18 Å². The Morgan fingerprint density at radius 2 is 1.95 bits per heavy atom. The van der Waals surface area contributed by atoms with Crippen molar-refractivity contribution in [1.29, 1.82) is 0 Å². The van der Waals surface area contributed by atoms with Crippen molar-refractivity contribution in [2.75, 3.05) is 0 Å². The Kier molecular flexibility index (Phi) is 3.39. The number of nitrogens with zero attached hydrogens (tertiary/aromatic N) is 2. The average molecular weight is 305 g/mol. The Hall–Kier alpha value is -2.15. The SMILES string of the molecule is C=Cc1c(Cl)c(O)n(-c2cc(C(F)(F)F)ccn2)c1O. The van der Waals surface area contributed by atoms with Crippen molar-refractivity contribution < 1.29 is 23.4 Å². The summed E-state index contributed by atoms with van der Waals surface area (Å²) in [5.74, 6) is -1.48. The second-order valence-electron chi connectivity index (χ2n) is 3.81. The van der Waals surface area contributed by atoms with Gasteiger partial charge in [0.15, 0.2) is 0 Å². The molecule has 0 aliphatic heterocycles. The molecular weight excluding hydrogens is 297 g/mol. The van der Waals surface area contributed by atoms with Crippen molar-refractivity contribution >= 4 is 17.7 Å². The van der Waals surface area contributed by atoms with Crippen LogP contribution in [0, 0.1) is 0 Å². The second-order valence-corrected chi connectivity index (χ2v) is 4.19. The summed E-state index contributed by atoms with van der Waals surface area (Å²) in [5, 5.41) is 19.4. The molecule has 0 radical (unpaired) electrons. The van der Waals surface area contributed by atoms with Gasteiger partial charge in [0.2, 0.25) is 11.8 Å². The molecule has 2 rings (SSSR count). The Morgan fingerprint density at radius 3 is 2.45 bits per heavy atom. The van der Waals surface area contributed by atoms with E-state index in [1.165, 1.54) is 6.08 Å². The molecule has 0 atom stereocenters. The van der Waals surface area contributed by atoms with Gasteiger partial charge in [-0.2, -0.15) is 13.2 Å². The largest absolute Gasteiger partial charge is 0.494 e. The zero-order valence-corrected chi connectivity index (χ0v) is 10.6. The van der Waals surface area contributed by atoms with Crippen molar-refractivity contribution in [1.82, 2.24) is 9.55 Å². The molecule has 0 bridgehead atoms.